The van der Waals surface area contributed by atoms with Gasteiger partial charge >= 0.3 is 0 Å². The van der Waals surface area contributed by atoms with Crippen molar-refractivity contribution in [2.75, 3.05) is 25.0 Å². The molecule has 23 heavy (non-hydrogen) atoms. The maximum atomic E-state index is 12.4. The number of amides is 1. The highest BCUT2D eigenvalue weighted by Crippen LogP contribution is 2.24. The van der Waals surface area contributed by atoms with Crippen LogP contribution in [-0.2, 0) is 4.79 Å². The van der Waals surface area contributed by atoms with Gasteiger partial charge in [0.25, 0.3) is 0 Å². The zero-order valence-corrected chi connectivity index (χ0v) is 13.8. The summed E-state index contributed by atoms with van der Waals surface area (Å²) in [6.45, 7) is 4.57. The van der Waals surface area contributed by atoms with Crippen LogP contribution in [0.1, 0.15) is 19.8 Å². The summed E-state index contributed by atoms with van der Waals surface area (Å²) >= 11 is 6.07. The number of carbonyl (C=O) groups is 1. The molecule has 1 N–H and O–H groups in total. The SMILES string of the molecule is C[C@@H]1CCCN(CC(=O)Nc2cc(Cl)ccc2-n2cncn2)C1. The van der Waals surface area contributed by atoms with Crippen molar-refractivity contribution in [3.8, 4) is 5.69 Å². The second-order valence-corrected chi connectivity index (χ2v) is 6.47. The number of benzene rings is 1. The molecule has 3 rings (SSSR count). The molecule has 122 valence electrons. The van der Waals surface area contributed by atoms with E-state index in [1.165, 1.54) is 12.7 Å². The predicted octanol–water partition coefficient (Wildman–Crippen LogP) is 2.59. The first-order valence-corrected chi connectivity index (χ1v) is 8.16. The van der Waals surface area contributed by atoms with E-state index >= 15 is 0 Å². The van der Waals surface area contributed by atoms with Crippen LogP contribution in [0.4, 0.5) is 5.69 Å². The largest absolute Gasteiger partial charge is 0.323 e. The van der Waals surface area contributed by atoms with Crippen molar-refractivity contribution in [1.29, 1.82) is 0 Å². The number of nitrogens with zero attached hydrogens (tertiary/aromatic N) is 4. The Morgan fingerprint density at radius 1 is 1.48 bits per heavy atom. The van der Waals surface area contributed by atoms with Crippen LogP contribution in [-0.4, -0.2) is 45.2 Å². The number of hydrogen-bond acceptors (Lipinski definition) is 4. The molecule has 0 spiro atoms. The van der Waals surface area contributed by atoms with Crippen molar-refractivity contribution in [2.24, 2.45) is 5.92 Å². The second kappa shape index (κ2) is 7.10. The zero-order valence-electron chi connectivity index (χ0n) is 13.1. The fourth-order valence-corrected chi connectivity index (χ4v) is 3.14. The minimum Gasteiger partial charge on any atom is -0.323 e. The van der Waals surface area contributed by atoms with Crippen LogP contribution in [0.25, 0.3) is 5.69 Å². The summed E-state index contributed by atoms with van der Waals surface area (Å²) in [5.74, 6) is 0.608. The van der Waals surface area contributed by atoms with E-state index in [2.05, 4.69) is 27.2 Å². The van der Waals surface area contributed by atoms with Gasteiger partial charge in [0.05, 0.1) is 17.9 Å². The van der Waals surface area contributed by atoms with E-state index in [9.17, 15) is 4.79 Å². The van der Waals surface area contributed by atoms with Gasteiger partial charge < -0.3 is 5.32 Å². The third-order valence-corrected chi connectivity index (χ3v) is 4.24. The van der Waals surface area contributed by atoms with E-state index in [-0.39, 0.29) is 5.91 Å². The number of likely N-dealkylation sites (tertiary alicyclic amines) is 1. The van der Waals surface area contributed by atoms with E-state index in [1.807, 2.05) is 6.07 Å². The van der Waals surface area contributed by atoms with Gasteiger partial charge in [-0.1, -0.05) is 18.5 Å². The lowest BCUT2D eigenvalue weighted by molar-refractivity contribution is -0.117. The summed E-state index contributed by atoms with van der Waals surface area (Å²) in [4.78, 5) is 18.5. The molecule has 1 fully saturated rings. The molecule has 0 bridgehead atoms. The lowest BCUT2D eigenvalue weighted by Gasteiger charge is -2.30. The molecule has 7 heteroatoms. The molecule has 1 aromatic carbocycles. The molecular formula is C16H20ClN5O. The third-order valence-electron chi connectivity index (χ3n) is 4.01. The Kier molecular flexibility index (Phi) is 4.93. The van der Waals surface area contributed by atoms with E-state index in [0.717, 1.165) is 25.2 Å². The van der Waals surface area contributed by atoms with Crippen molar-refractivity contribution in [3.63, 3.8) is 0 Å². The molecule has 1 saturated heterocycles. The van der Waals surface area contributed by atoms with Crippen molar-refractivity contribution in [1.82, 2.24) is 19.7 Å². The molecule has 1 atom stereocenters. The van der Waals surface area contributed by atoms with E-state index in [1.54, 1.807) is 23.1 Å². The van der Waals surface area contributed by atoms with Gasteiger partial charge in [-0.2, -0.15) is 5.10 Å². The first-order chi connectivity index (χ1) is 11.1. The highest BCUT2D eigenvalue weighted by molar-refractivity contribution is 6.31. The van der Waals surface area contributed by atoms with Gasteiger partial charge in [-0.3, -0.25) is 9.69 Å². The third kappa shape index (κ3) is 4.09. The number of nitrogens with one attached hydrogen (secondary N) is 1. The quantitative estimate of drug-likeness (QED) is 0.934. The highest BCUT2D eigenvalue weighted by atomic mass is 35.5. The average molecular weight is 334 g/mol. The van der Waals surface area contributed by atoms with Crippen LogP contribution in [0.15, 0.2) is 30.9 Å². The Hall–Kier alpha value is -1.92. The Balaban J connectivity index is 1.72. The molecule has 0 unspecified atom stereocenters. The van der Waals surface area contributed by atoms with E-state index in [0.29, 0.717) is 23.2 Å². The normalized spacial score (nSPS) is 18.8. The molecule has 1 aliphatic rings. The van der Waals surface area contributed by atoms with Crippen LogP contribution in [0.5, 0.6) is 0 Å². The first kappa shape index (κ1) is 16.0. The topological polar surface area (TPSA) is 63.1 Å². The minimum absolute atomic E-state index is 0.0391. The standard InChI is InChI=1S/C16H20ClN5O/c1-12-3-2-6-21(8-12)9-16(23)20-14-7-13(17)4-5-15(14)22-11-18-10-19-22/h4-5,7,10-12H,2-3,6,8-9H2,1H3,(H,20,23)/t12-/m1/s1. The number of carbonyl (C=O) groups excluding carboxylic acids is 1. The summed E-state index contributed by atoms with van der Waals surface area (Å²) in [5, 5.41) is 7.62. The van der Waals surface area contributed by atoms with E-state index in [4.69, 9.17) is 11.6 Å². The van der Waals surface area contributed by atoms with Crippen molar-refractivity contribution in [2.45, 2.75) is 19.8 Å². The summed E-state index contributed by atoms with van der Waals surface area (Å²) in [7, 11) is 0. The molecule has 2 heterocycles. The zero-order chi connectivity index (χ0) is 16.2. The highest BCUT2D eigenvalue weighted by Gasteiger charge is 2.19. The first-order valence-electron chi connectivity index (χ1n) is 7.78. The van der Waals surface area contributed by atoms with Crippen molar-refractivity contribution < 1.29 is 4.79 Å². The minimum atomic E-state index is -0.0391. The molecular weight excluding hydrogens is 314 g/mol. The van der Waals surface area contributed by atoms with Gasteiger partial charge in [0.1, 0.15) is 12.7 Å². The molecule has 0 radical (unpaired) electrons. The number of aromatic nitrogens is 3. The Labute approximate surface area is 140 Å². The van der Waals surface area contributed by atoms with Gasteiger partial charge in [0, 0.05) is 11.6 Å². The van der Waals surface area contributed by atoms with Crippen molar-refractivity contribution in [3.05, 3.63) is 35.9 Å². The molecule has 2 aromatic rings. The summed E-state index contributed by atoms with van der Waals surface area (Å²) in [6.07, 6.45) is 5.43. The van der Waals surface area contributed by atoms with Crippen LogP contribution in [0, 0.1) is 5.92 Å². The van der Waals surface area contributed by atoms with E-state index < -0.39 is 0 Å². The van der Waals surface area contributed by atoms with Crippen LogP contribution < -0.4 is 5.32 Å². The fourth-order valence-electron chi connectivity index (χ4n) is 2.96. The van der Waals surface area contributed by atoms with Crippen molar-refractivity contribution >= 4 is 23.2 Å². The molecule has 1 aromatic heterocycles. The fraction of sp³-hybridized carbons (Fsp3) is 0.438. The lowest BCUT2D eigenvalue weighted by atomic mass is 10.0. The van der Waals surface area contributed by atoms with Crippen LogP contribution in [0.2, 0.25) is 5.02 Å². The van der Waals surface area contributed by atoms with Gasteiger partial charge in [-0.25, -0.2) is 9.67 Å². The Bertz CT molecular complexity index is 673. The molecule has 6 nitrogen and oxygen atoms in total. The summed E-state index contributed by atoms with van der Waals surface area (Å²) in [5.41, 5.74) is 1.38. The monoisotopic (exact) mass is 333 g/mol. The van der Waals surface area contributed by atoms with Gasteiger partial charge in [0.15, 0.2) is 0 Å². The second-order valence-electron chi connectivity index (χ2n) is 6.03. The number of hydrogen-bond donors (Lipinski definition) is 1. The summed E-state index contributed by atoms with van der Waals surface area (Å²) in [6, 6.07) is 5.31. The Morgan fingerprint density at radius 2 is 2.35 bits per heavy atom. The number of piperidine rings is 1. The Morgan fingerprint density at radius 3 is 3.09 bits per heavy atom. The maximum absolute atomic E-state index is 12.4. The average Bonchev–Trinajstić information content (AvgIpc) is 3.01. The molecule has 0 aliphatic carbocycles. The lowest BCUT2D eigenvalue weighted by Crippen LogP contribution is -2.39. The number of anilines is 1. The maximum Gasteiger partial charge on any atom is 0.238 e. The number of rotatable bonds is 4. The van der Waals surface area contributed by atoms with Gasteiger partial charge in [0.2, 0.25) is 5.91 Å². The molecule has 1 amide bonds. The smallest absolute Gasteiger partial charge is 0.238 e. The number of halogens is 1. The van der Waals surface area contributed by atoms with Crippen LogP contribution >= 0.6 is 11.6 Å². The van der Waals surface area contributed by atoms with Crippen LogP contribution in [0.3, 0.4) is 0 Å². The van der Waals surface area contributed by atoms with Gasteiger partial charge in [-0.05, 0) is 43.5 Å². The summed E-state index contributed by atoms with van der Waals surface area (Å²) < 4.78 is 1.61. The predicted molar refractivity (Wildman–Crippen MR) is 89.8 cm³/mol. The van der Waals surface area contributed by atoms with Gasteiger partial charge in [-0.15, -0.1) is 0 Å². The molecule has 1 aliphatic heterocycles. The molecule has 0 saturated carbocycles.